The van der Waals surface area contributed by atoms with Crippen molar-refractivity contribution >= 4 is 11.6 Å². The molecule has 2 heteroatoms. The molecule has 1 heterocycles. The van der Waals surface area contributed by atoms with Crippen molar-refractivity contribution < 1.29 is 4.79 Å². The molecule has 1 aliphatic heterocycles. The summed E-state index contributed by atoms with van der Waals surface area (Å²) in [6.45, 7) is 2.73. The van der Waals surface area contributed by atoms with Crippen LogP contribution in [0.3, 0.4) is 0 Å². The summed E-state index contributed by atoms with van der Waals surface area (Å²) in [5, 5.41) is 0. The normalized spacial score (nSPS) is 15.1. The highest BCUT2D eigenvalue weighted by Crippen LogP contribution is 2.28. The first kappa shape index (κ1) is 9.25. The van der Waals surface area contributed by atoms with Crippen LogP contribution in [0.5, 0.6) is 0 Å². The summed E-state index contributed by atoms with van der Waals surface area (Å²) in [6.07, 6.45) is 3.73. The molecule has 0 N–H and O–H groups in total. The summed E-state index contributed by atoms with van der Waals surface area (Å²) in [6, 6.07) is 8.06. The van der Waals surface area contributed by atoms with E-state index in [9.17, 15) is 4.79 Å². The Morgan fingerprint density at radius 3 is 3.00 bits per heavy atom. The molecule has 1 amide bonds. The maximum Gasteiger partial charge on any atom is 0.226 e. The zero-order chi connectivity index (χ0) is 9.97. The third kappa shape index (κ3) is 1.52. The van der Waals surface area contributed by atoms with E-state index in [0.717, 1.165) is 18.7 Å². The Bertz CT molecular complexity index is 346. The van der Waals surface area contributed by atoms with Gasteiger partial charge in [-0.2, -0.15) is 0 Å². The van der Waals surface area contributed by atoms with E-state index >= 15 is 0 Å². The molecule has 1 aliphatic rings. The molecule has 0 fully saturated rings. The number of para-hydroxylation sites is 1. The minimum Gasteiger partial charge on any atom is -0.312 e. The molecule has 0 saturated heterocycles. The van der Waals surface area contributed by atoms with Gasteiger partial charge >= 0.3 is 0 Å². The van der Waals surface area contributed by atoms with Gasteiger partial charge in [0.2, 0.25) is 5.91 Å². The fourth-order valence-electron chi connectivity index (χ4n) is 1.83. The fraction of sp³-hybridized carbons (Fsp3) is 0.333. The lowest BCUT2D eigenvalue weighted by Gasteiger charge is -2.28. The largest absolute Gasteiger partial charge is 0.312 e. The standard InChI is InChI=1S/C12H14NO/c1-2-12(14)13-9-5-7-10-6-3-4-8-11(10)13/h3-4,6-8H,2,5,9H2,1H3. The molecule has 0 atom stereocenters. The number of amides is 1. The average Bonchev–Trinajstić information content (AvgIpc) is 2.27. The lowest BCUT2D eigenvalue weighted by atomic mass is 10.0. The molecule has 0 aliphatic carbocycles. The van der Waals surface area contributed by atoms with E-state index in [1.165, 1.54) is 5.56 Å². The minimum absolute atomic E-state index is 0.213. The van der Waals surface area contributed by atoms with E-state index in [1.807, 2.05) is 30.0 Å². The molecule has 0 unspecified atom stereocenters. The minimum atomic E-state index is 0.213. The summed E-state index contributed by atoms with van der Waals surface area (Å²) in [5.41, 5.74) is 2.24. The quantitative estimate of drug-likeness (QED) is 0.662. The number of carbonyl (C=O) groups is 1. The first-order chi connectivity index (χ1) is 6.83. The van der Waals surface area contributed by atoms with Crippen molar-refractivity contribution in [2.45, 2.75) is 19.8 Å². The van der Waals surface area contributed by atoms with Crippen molar-refractivity contribution in [1.29, 1.82) is 0 Å². The summed E-state index contributed by atoms with van der Waals surface area (Å²) >= 11 is 0. The van der Waals surface area contributed by atoms with Gasteiger partial charge in [-0.05, 0) is 24.5 Å². The second-order valence-corrected chi connectivity index (χ2v) is 3.45. The molecule has 0 bridgehead atoms. The molecule has 2 rings (SSSR count). The van der Waals surface area contributed by atoms with Crippen LogP contribution in [0.1, 0.15) is 25.3 Å². The Labute approximate surface area is 84.5 Å². The maximum atomic E-state index is 11.6. The number of benzene rings is 1. The van der Waals surface area contributed by atoms with Crippen LogP contribution in [0.15, 0.2) is 24.3 Å². The highest BCUT2D eigenvalue weighted by molar-refractivity contribution is 5.94. The van der Waals surface area contributed by atoms with Crippen LogP contribution < -0.4 is 4.90 Å². The monoisotopic (exact) mass is 188 g/mol. The Morgan fingerprint density at radius 2 is 2.21 bits per heavy atom. The molecule has 0 saturated carbocycles. The summed E-state index contributed by atoms with van der Waals surface area (Å²) in [7, 11) is 0. The highest BCUT2D eigenvalue weighted by atomic mass is 16.2. The van der Waals surface area contributed by atoms with Gasteiger partial charge in [-0.15, -0.1) is 0 Å². The van der Waals surface area contributed by atoms with Gasteiger partial charge in [0.25, 0.3) is 0 Å². The number of carbonyl (C=O) groups excluding carboxylic acids is 1. The summed E-state index contributed by atoms with van der Waals surface area (Å²) in [5.74, 6) is 0.213. The molecule has 2 nitrogen and oxygen atoms in total. The van der Waals surface area contributed by atoms with E-state index in [0.29, 0.717) is 6.42 Å². The van der Waals surface area contributed by atoms with Crippen LogP contribution in [0, 0.1) is 6.42 Å². The van der Waals surface area contributed by atoms with E-state index in [2.05, 4.69) is 12.5 Å². The Kier molecular flexibility index (Phi) is 2.53. The molecule has 0 spiro atoms. The van der Waals surface area contributed by atoms with Crippen molar-refractivity contribution in [3.63, 3.8) is 0 Å². The second-order valence-electron chi connectivity index (χ2n) is 3.45. The van der Waals surface area contributed by atoms with Crippen LogP contribution in [0.25, 0.3) is 0 Å². The number of hydrogen-bond donors (Lipinski definition) is 0. The van der Waals surface area contributed by atoms with Crippen LogP contribution >= 0.6 is 0 Å². The predicted octanol–water partition coefficient (Wildman–Crippen LogP) is 2.39. The fourth-order valence-corrected chi connectivity index (χ4v) is 1.83. The molecular weight excluding hydrogens is 174 g/mol. The van der Waals surface area contributed by atoms with Crippen LogP contribution in [-0.4, -0.2) is 12.5 Å². The Morgan fingerprint density at radius 1 is 1.43 bits per heavy atom. The van der Waals surface area contributed by atoms with Gasteiger partial charge in [0, 0.05) is 18.7 Å². The molecule has 14 heavy (non-hydrogen) atoms. The smallest absolute Gasteiger partial charge is 0.226 e. The first-order valence-electron chi connectivity index (χ1n) is 5.05. The predicted molar refractivity (Wildman–Crippen MR) is 57.1 cm³/mol. The molecule has 73 valence electrons. The van der Waals surface area contributed by atoms with Crippen LogP contribution in [-0.2, 0) is 4.79 Å². The van der Waals surface area contributed by atoms with Crippen molar-refractivity contribution in [2.24, 2.45) is 0 Å². The Balaban J connectivity index is 2.35. The van der Waals surface area contributed by atoms with E-state index in [1.54, 1.807) is 0 Å². The number of anilines is 1. The average molecular weight is 188 g/mol. The van der Waals surface area contributed by atoms with Gasteiger partial charge in [-0.25, -0.2) is 0 Å². The van der Waals surface area contributed by atoms with Gasteiger partial charge in [0.15, 0.2) is 0 Å². The second kappa shape index (κ2) is 3.82. The van der Waals surface area contributed by atoms with Gasteiger partial charge in [-0.3, -0.25) is 4.79 Å². The van der Waals surface area contributed by atoms with E-state index < -0.39 is 0 Å². The Hall–Kier alpha value is -1.31. The van der Waals surface area contributed by atoms with E-state index in [-0.39, 0.29) is 5.91 Å². The summed E-state index contributed by atoms with van der Waals surface area (Å²) < 4.78 is 0. The molecule has 1 aromatic carbocycles. The summed E-state index contributed by atoms with van der Waals surface area (Å²) in [4.78, 5) is 13.5. The van der Waals surface area contributed by atoms with Gasteiger partial charge in [0.05, 0.1) is 0 Å². The van der Waals surface area contributed by atoms with Crippen molar-refractivity contribution in [1.82, 2.24) is 0 Å². The van der Waals surface area contributed by atoms with Crippen molar-refractivity contribution in [3.8, 4) is 0 Å². The maximum absolute atomic E-state index is 11.6. The number of rotatable bonds is 1. The number of nitrogens with zero attached hydrogens (tertiary/aromatic N) is 1. The SMILES string of the molecule is CCC(=O)N1CC[CH]c2ccccc21. The zero-order valence-electron chi connectivity index (χ0n) is 8.36. The topological polar surface area (TPSA) is 20.3 Å². The van der Waals surface area contributed by atoms with Crippen molar-refractivity contribution in [3.05, 3.63) is 36.2 Å². The third-order valence-electron chi connectivity index (χ3n) is 2.55. The van der Waals surface area contributed by atoms with Gasteiger partial charge in [0.1, 0.15) is 0 Å². The molecular formula is C12H14NO. The van der Waals surface area contributed by atoms with Crippen LogP contribution in [0.4, 0.5) is 5.69 Å². The van der Waals surface area contributed by atoms with E-state index in [4.69, 9.17) is 0 Å². The molecule has 1 aromatic rings. The van der Waals surface area contributed by atoms with Crippen molar-refractivity contribution in [2.75, 3.05) is 11.4 Å². The lowest BCUT2D eigenvalue weighted by Crippen LogP contribution is -2.34. The number of fused-ring (bicyclic) bond motifs is 1. The van der Waals surface area contributed by atoms with Gasteiger partial charge < -0.3 is 4.90 Å². The van der Waals surface area contributed by atoms with Crippen LogP contribution in [0.2, 0.25) is 0 Å². The highest BCUT2D eigenvalue weighted by Gasteiger charge is 2.20. The number of hydrogen-bond acceptors (Lipinski definition) is 1. The third-order valence-corrected chi connectivity index (χ3v) is 2.55. The molecule has 1 radical (unpaired) electrons. The lowest BCUT2D eigenvalue weighted by molar-refractivity contribution is -0.118. The first-order valence-corrected chi connectivity index (χ1v) is 5.05. The molecule has 0 aromatic heterocycles. The zero-order valence-corrected chi connectivity index (χ0v) is 8.36. The van der Waals surface area contributed by atoms with Gasteiger partial charge in [-0.1, -0.05) is 25.1 Å².